The zero-order valence-electron chi connectivity index (χ0n) is 9.21. The van der Waals surface area contributed by atoms with Crippen LogP contribution in [-0.2, 0) is 10.3 Å². The van der Waals surface area contributed by atoms with Crippen LogP contribution in [0.2, 0.25) is 0 Å². The largest absolute Gasteiger partial charge is 0.496 e. The minimum atomic E-state index is -0.333. The Morgan fingerprint density at radius 2 is 2.19 bits per heavy atom. The van der Waals surface area contributed by atoms with Gasteiger partial charge in [0, 0.05) is 0 Å². The summed E-state index contributed by atoms with van der Waals surface area (Å²) in [6.07, 6.45) is 3.48. The van der Waals surface area contributed by atoms with Gasteiger partial charge in [-0.3, -0.25) is 0 Å². The first-order valence-corrected chi connectivity index (χ1v) is 5.86. The van der Waals surface area contributed by atoms with Gasteiger partial charge >= 0.3 is 0 Å². The molecule has 3 nitrogen and oxygen atoms in total. The van der Waals surface area contributed by atoms with Crippen molar-refractivity contribution in [3.05, 3.63) is 27.7 Å². The standard InChI is InChI=1S/C12H12BrNO2/c1-8-5-9(6-10(16-2)11(8)13)12(3-4-12)14-7-15/h5-6H,3-4H2,1-2H3. The highest BCUT2D eigenvalue weighted by atomic mass is 79.9. The zero-order valence-corrected chi connectivity index (χ0v) is 10.8. The summed E-state index contributed by atoms with van der Waals surface area (Å²) in [5.41, 5.74) is 1.79. The van der Waals surface area contributed by atoms with Crippen LogP contribution >= 0.6 is 15.9 Å². The molecule has 0 saturated heterocycles. The average Bonchev–Trinajstić information content (AvgIpc) is 3.03. The fraction of sp³-hybridized carbons (Fsp3) is 0.417. The second-order valence-corrected chi connectivity index (χ2v) is 4.84. The molecule has 1 fully saturated rings. The Labute approximate surface area is 103 Å². The van der Waals surface area contributed by atoms with Gasteiger partial charge in [0.15, 0.2) is 0 Å². The Kier molecular flexibility index (Phi) is 2.87. The third-order valence-electron chi connectivity index (χ3n) is 2.96. The van der Waals surface area contributed by atoms with Crippen molar-refractivity contribution < 1.29 is 9.53 Å². The first-order chi connectivity index (χ1) is 7.63. The van der Waals surface area contributed by atoms with Gasteiger partial charge in [0.2, 0.25) is 6.08 Å². The summed E-state index contributed by atoms with van der Waals surface area (Å²) in [6.45, 7) is 2.00. The molecular weight excluding hydrogens is 270 g/mol. The molecule has 1 aromatic rings. The summed E-state index contributed by atoms with van der Waals surface area (Å²) in [5.74, 6) is 0.780. The quantitative estimate of drug-likeness (QED) is 0.631. The fourth-order valence-corrected chi connectivity index (χ4v) is 2.22. The lowest BCUT2D eigenvalue weighted by Crippen LogP contribution is -2.03. The number of aryl methyl sites for hydroxylation is 1. The van der Waals surface area contributed by atoms with E-state index in [0.29, 0.717) is 0 Å². The zero-order chi connectivity index (χ0) is 11.8. The molecule has 0 heterocycles. The van der Waals surface area contributed by atoms with Crippen LogP contribution in [-0.4, -0.2) is 13.2 Å². The summed E-state index contributed by atoms with van der Waals surface area (Å²) < 4.78 is 6.23. The molecule has 0 N–H and O–H groups in total. The average molecular weight is 282 g/mol. The first-order valence-electron chi connectivity index (χ1n) is 5.06. The molecular formula is C12H12BrNO2. The number of carbonyl (C=O) groups excluding carboxylic acids is 1. The van der Waals surface area contributed by atoms with Crippen LogP contribution in [0.5, 0.6) is 5.75 Å². The van der Waals surface area contributed by atoms with E-state index in [4.69, 9.17) is 4.74 Å². The molecule has 1 aliphatic carbocycles. The van der Waals surface area contributed by atoms with Crippen LogP contribution in [0.25, 0.3) is 0 Å². The summed E-state index contributed by atoms with van der Waals surface area (Å²) in [4.78, 5) is 14.3. The van der Waals surface area contributed by atoms with Gasteiger partial charge in [-0.25, -0.2) is 4.79 Å². The molecule has 0 bridgehead atoms. The number of aliphatic imine (C=N–C) groups is 1. The van der Waals surface area contributed by atoms with Gasteiger partial charge in [-0.15, -0.1) is 0 Å². The van der Waals surface area contributed by atoms with Crippen LogP contribution in [0.1, 0.15) is 24.0 Å². The van der Waals surface area contributed by atoms with E-state index in [1.807, 2.05) is 19.1 Å². The molecule has 0 spiro atoms. The van der Waals surface area contributed by atoms with Crippen LogP contribution < -0.4 is 4.74 Å². The van der Waals surface area contributed by atoms with Crippen molar-refractivity contribution in [1.82, 2.24) is 0 Å². The van der Waals surface area contributed by atoms with Crippen molar-refractivity contribution in [3.63, 3.8) is 0 Å². The monoisotopic (exact) mass is 281 g/mol. The predicted molar refractivity (Wildman–Crippen MR) is 64.5 cm³/mol. The molecule has 0 radical (unpaired) electrons. The summed E-state index contributed by atoms with van der Waals surface area (Å²) in [6, 6.07) is 3.98. The summed E-state index contributed by atoms with van der Waals surface area (Å²) in [5, 5.41) is 0. The van der Waals surface area contributed by atoms with Gasteiger partial charge in [-0.2, -0.15) is 4.99 Å². The number of nitrogens with zero attached hydrogens (tertiary/aromatic N) is 1. The Morgan fingerprint density at radius 1 is 1.50 bits per heavy atom. The minimum Gasteiger partial charge on any atom is -0.496 e. The molecule has 1 aromatic carbocycles. The maximum absolute atomic E-state index is 10.4. The molecule has 0 amide bonds. The van der Waals surface area contributed by atoms with Gasteiger partial charge < -0.3 is 4.74 Å². The van der Waals surface area contributed by atoms with Crippen molar-refractivity contribution in [1.29, 1.82) is 0 Å². The minimum absolute atomic E-state index is 0.333. The Bertz CT molecular complexity index is 474. The van der Waals surface area contributed by atoms with Crippen molar-refractivity contribution in [2.75, 3.05) is 7.11 Å². The van der Waals surface area contributed by atoms with Gasteiger partial charge in [0.05, 0.1) is 17.1 Å². The lowest BCUT2D eigenvalue weighted by molar-refractivity contribution is 0.410. The summed E-state index contributed by atoms with van der Waals surface area (Å²) >= 11 is 3.47. The Hall–Kier alpha value is -1.12. The maximum Gasteiger partial charge on any atom is 0.235 e. The number of ether oxygens (including phenoxy) is 1. The lowest BCUT2D eigenvalue weighted by atomic mass is 10.0. The van der Waals surface area contributed by atoms with E-state index in [9.17, 15) is 4.79 Å². The molecule has 0 aromatic heterocycles. The molecule has 0 atom stereocenters. The molecule has 0 unspecified atom stereocenters. The van der Waals surface area contributed by atoms with Crippen molar-refractivity contribution in [2.24, 2.45) is 4.99 Å². The van der Waals surface area contributed by atoms with Crippen LogP contribution in [0.4, 0.5) is 0 Å². The van der Waals surface area contributed by atoms with Crippen LogP contribution in [0.3, 0.4) is 0 Å². The Morgan fingerprint density at radius 3 is 2.69 bits per heavy atom. The highest BCUT2D eigenvalue weighted by Gasteiger charge is 2.45. The van der Waals surface area contributed by atoms with E-state index in [1.54, 1.807) is 13.2 Å². The SMILES string of the molecule is COc1cc(C2(N=C=O)CC2)cc(C)c1Br. The number of rotatable bonds is 3. The van der Waals surface area contributed by atoms with Crippen molar-refractivity contribution >= 4 is 22.0 Å². The number of benzene rings is 1. The number of hydrogen-bond acceptors (Lipinski definition) is 3. The van der Waals surface area contributed by atoms with E-state index in [2.05, 4.69) is 20.9 Å². The molecule has 1 aliphatic rings. The van der Waals surface area contributed by atoms with Gasteiger partial charge in [0.25, 0.3) is 0 Å². The smallest absolute Gasteiger partial charge is 0.235 e. The molecule has 84 valence electrons. The lowest BCUT2D eigenvalue weighted by Gasteiger charge is -2.13. The van der Waals surface area contributed by atoms with E-state index in [1.165, 1.54) is 0 Å². The van der Waals surface area contributed by atoms with Gasteiger partial charge in [0.1, 0.15) is 5.75 Å². The molecule has 16 heavy (non-hydrogen) atoms. The topological polar surface area (TPSA) is 38.7 Å². The fourth-order valence-electron chi connectivity index (χ4n) is 1.83. The third-order valence-corrected chi connectivity index (χ3v) is 3.98. The van der Waals surface area contributed by atoms with E-state index >= 15 is 0 Å². The maximum atomic E-state index is 10.4. The van der Waals surface area contributed by atoms with Crippen molar-refractivity contribution in [3.8, 4) is 5.75 Å². The number of isocyanates is 1. The predicted octanol–water partition coefficient (Wildman–Crippen LogP) is 3.09. The van der Waals surface area contributed by atoms with Crippen LogP contribution in [0, 0.1) is 6.92 Å². The van der Waals surface area contributed by atoms with Gasteiger partial charge in [-0.1, -0.05) is 6.07 Å². The van der Waals surface area contributed by atoms with E-state index in [-0.39, 0.29) is 5.54 Å². The number of halogens is 1. The summed E-state index contributed by atoms with van der Waals surface area (Å²) in [7, 11) is 1.63. The molecule has 0 aliphatic heterocycles. The molecule has 2 rings (SSSR count). The van der Waals surface area contributed by atoms with Crippen LogP contribution in [0.15, 0.2) is 21.6 Å². The van der Waals surface area contributed by atoms with Crippen molar-refractivity contribution in [2.45, 2.75) is 25.3 Å². The van der Waals surface area contributed by atoms with Gasteiger partial charge in [-0.05, 0) is 52.9 Å². The highest BCUT2D eigenvalue weighted by molar-refractivity contribution is 9.10. The number of methoxy groups -OCH3 is 1. The van der Waals surface area contributed by atoms with E-state index < -0.39 is 0 Å². The van der Waals surface area contributed by atoms with E-state index in [0.717, 1.165) is 34.2 Å². The highest BCUT2D eigenvalue weighted by Crippen LogP contribution is 2.50. The Balaban J connectivity index is 2.51. The third kappa shape index (κ3) is 1.79. The second kappa shape index (κ2) is 4.04. The number of hydrogen-bond donors (Lipinski definition) is 0. The normalized spacial score (nSPS) is 16.4. The first kappa shape index (κ1) is 11.4. The molecule has 4 heteroatoms. The second-order valence-electron chi connectivity index (χ2n) is 4.04. The molecule has 1 saturated carbocycles.